The third kappa shape index (κ3) is 2.38. The fraction of sp³-hybridized carbons (Fsp3) is 0.800. The molecule has 5 heteroatoms. The van der Waals surface area contributed by atoms with Crippen molar-refractivity contribution >= 4 is 11.6 Å². The summed E-state index contributed by atoms with van der Waals surface area (Å²) < 4.78 is 36.1. The Bertz CT molecular complexity index is 304. The van der Waals surface area contributed by atoms with Gasteiger partial charge in [0.15, 0.2) is 0 Å². The van der Waals surface area contributed by atoms with Crippen LogP contribution in [-0.2, 0) is 9.59 Å². The van der Waals surface area contributed by atoms with E-state index < -0.39 is 29.6 Å². The Hall–Kier alpha value is -0.870. The molecule has 1 rings (SSSR count). The molecule has 2 atom stereocenters. The third-order valence-electron chi connectivity index (χ3n) is 2.96. The second kappa shape index (κ2) is 3.32. The van der Waals surface area contributed by atoms with E-state index in [9.17, 15) is 22.8 Å². The zero-order valence-corrected chi connectivity index (χ0v) is 8.81. The summed E-state index contributed by atoms with van der Waals surface area (Å²) in [5, 5.41) is 0. The van der Waals surface area contributed by atoms with Crippen LogP contribution in [0.3, 0.4) is 0 Å². The predicted molar refractivity (Wildman–Crippen MR) is 47.1 cm³/mol. The van der Waals surface area contributed by atoms with E-state index in [0.717, 1.165) is 6.92 Å². The molecule has 1 saturated carbocycles. The molecule has 0 N–H and O–H groups in total. The average Bonchev–Trinajstić information content (AvgIpc) is 2.69. The summed E-state index contributed by atoms with van der Waals surface area (Å²) in [6.07, 6.45) is -4.34. The van der Waals surface area contributed by atoms with Gasteiger partial charge in [-0.3, -0.25) is 9.59 Å². The molecule has 15 heavy (non-hydrogen) atoms. The number of ketones is 2. The number of carbonyl (C=O) groups is 2. The molecule has 1 fully saturated rings. The number of Topliss-reactive ketones (excluding diaryl/α,β-unsaturated/α-hetero) is 2. The Labute approximate surface area is 85.8 Å². The molecule has 1 aliphatic carbocycles. The van der Waals surface area contributed by atoms with Crippen molar-refractivity contribution in [3.63, 3.8) is 0 Å². The average molecular weight is 222 g/mol. The lowest BCUT2D eigenvalue weighted by atomic mass is 9.94. The fourth-order valence-electron chi connectivity index (χ4n) is 1.63. The van der Waals surface area contributed by atoms with Crippen molar-refractivity contribution in [2.45, 2.75) is 33.4 Å². The Balaban J connectivity index is 2.67. The maximum Gasteiger partial charge on any atom is 0.450 e. The van der Waals surface area contributed by atoms with Gasteiger partial charge in [-0.25, -0.2) is 0 Å². The molecule has 0 aromatic rings. The Morgan fingerprint density at radius 1 is 1.33 bits per heavy atom. The van der Waals surface area contributed by atoms with Crippen LogP contribution < -0.4 is 0 Å². The van der Waals surface area contributed by atoms with Crippen molar-refractivity contribution in [3.8, 4) is 0 Å². The van der Waals surface area contributed by atoms with E-state index in [1.165, 1.54) is 0 Å². The van der Waals surface area contributed by atoms with Gasteiger partial charge in [-0.2, -0.15) is 13.2 Å². The predicted octanol–water partition coefficient (Wildman–Crippen LogP) is 2.37. The van der Waals surface area contributed by atoms with Gasteiger partial charge in [0.2, 0.25) is 5.78 Å². The van der Waals surface area contributed by atoms with Crippen molar-refractivity contribution < 1.29 is 22.8 Å². The zero-order chi connectivity index (χ0) is 12.0. The second-order valence-corrected chi connectivity index (χ2v) is 4.73. The first-order valence-corrected chi connectivity index (χ1v) is 4.72. The lowest BCUT2D eigenvalue weighted by Gasteiger charge is -2.12. The van der Waals surface area contributed by atoms with E-state index in [1.54, 1.807) is 13.8 Å². The number of rotatable bonds is 3. The summed E-state index contributed by atoms with van der Waals surface area (Å²) in [7, 11) is 0. The van der Waals surface area contributed by atoms with Crippen LogP contribution in [0.15, 0.2) is 0 Å². The molecule has 1 aliphatic rings. The molecule has 0 heterocycles. The van der Waals surface area contributed by atoms with Crippen LogP contribution in [0.1, 0.15) is 27.2 Å². The standard InChI is InChI=1S/C10H13F3O2/c1-5(8(15)10(11,12)13)7(14)6-4-9(6,2)3/h5-6H,4H2,1-3H3. The highest BCUT2D eigenvalue weighted by atomic mass is 19.4. The summed E-state index contributed by atoms with van der Waals surface area (Å²) >= 11 is 0. The molecule has 0 amide bonds. The van der Waals surface area contributed by atoms with Crippen molar-refractivity contribution in [2.75, 3.05) is 0 Å². The number of carbonyl (C=O) groups excluding carboxylic acids is 2. The van der Waals surface area contributed by atoms with Gasteiger partial charge in [0.05, 0.1) is 5.92 Å². The maximum atomic E-state index is 12.0. The molecule has 0 spiro atoms. The van der Waals surface area contributed by atoms with Gasteiger partial charge >= 0.3 is 6.18 Å². The van der Waals surface area contributed by atoms with Crippen molar-refractivity contribution in [1.29, 1.82) is 0 Å². The Morgan fingerprint density at radius 2 is 1.73 bits per heavy atom. The van der Waals surface area contributed by atoms with E-state index in [1.807, 2.05) is 0 Å². The van der Waals surface area contributed by atoms with Gasteiger partial charge < -0.3 is 0 Å². The minimum absolute atomic E-state index is 0.239. The second-order valence-electron chi connectivity index (χ2n) is 4.73. The van der Waals surface area contributed by atoms with Crippen LogP contribution in [0.5, 0.6) is 0 Å². The minimum atomic E-state index is -4.91. The van der Waals surface area contributed by atoms with Gasteiger partial charge in [-0.15, -0.1) is 0 Å². The largest absolute Gasteiger partial charge is 0.450 e. The van der Waals surface area contributed by atoms with E-state index >= 15 is 0 Å². The molecule has 0 bridgehead atoms. The summed E-state index contributed by atoms with van der Waals surface area (Å²) in [4.78, 5) is 22.3. The van der Waals surface area contributed by atoms with Crippen LogP contribution in [0.25, 0.3) is 0 Å². The fourth-order valence-corrected chi connectivity index (χ4v) is 1.63. The number of alkyl halides is 3. The first-order chi connectivity index (χ1) is 6.57. The quantitative estimate of drug-likeness (QED) is 0.687. The first kappa shape index (κ1) is 12.2. The molecule has 2 nitrogen and oxygen atoms in total. The maximum absolute atomic E-state index is 12.0. The van der Waals surface area contributed by atoms with Gasteiger partial charge in [-0.1, -0.05) is 13.8 Å². The molecule has 0 radical (unpaired) electrons. The van der Waals surface area contributed by atoms with E-state index in [2.05, 4.69) is 0 Å². The summed E-state index contributed by atoms with van der Waals surface area (Å²) in [6.45, 7) is 4.65. The lowest BCUT2D eigenvalue weighted by Crippen LogP contribution is -2.34. The summed E-state index contributed by atoms with van der Waals surface area (Å²) in [5.41, 5.74) is -0.239. The van der Waals surface area contributed by atoms with Crippen LogP contribution in [0, 0.1) is 17.3 Å². The van der Waals surface area contributed by atoms with Crippen LogP contribution in [-0.4, -0.2) is 17.7 Å². The van der Waals surface area contributed by atoms with Crippen LogP contribution >= 0.6 is 0 Å². The van der Waals surface area contributed by atoms with Crippen LogP contribution in [0.2, 0.25) is 0 Å². The monoisotopic (exact) mass is 222 g/mol. The molecule has 0 aliphatic heterocycles. The first-order valence-electron chi connectivity index (χ1n) is 4.72. The normalized spacial score (nSPS) is 25.9. The molecule has 86 valence electrons. The van der Waals surface area contributed by atoms with Gasteiger partial charge in [0.25, 0.3) is 0 Å². The topological polar surface area (TPSA) is 34.1 Å². The van der Waals surface area contributed by atoms with Crippen LogP contribution in [0.4, 0.5) is 13.2 Å². The van der Waals surface area contributed by atoms with Crippen molar-refractivity contribution in [2.24, 2.45) is 17.3 Å². The van der Waals surface area contributed by atoms with Gasteiger partial charge in [-0.05, 0) is 18.8 Å². The highest BCUT2D eigenvalue weighted by Gasteiger charge is 2.54. The Kier molecular flexibility index (Phi) is 2.70. The number of hydrogen-bond acceptors (Lipinski definition) is 2. The van der Waals surface area contributed by atoms with E-state index in [-0.39, 0.29) is 5.41 Å². The Morgan fingerprint density at radius 3 is 2.00 bits per heavy atom. The summed E-state index contributed by atoms with van der Waals surface area (Å²) in [5.74, 6) is -4.46. The lowest BCUT2D eigenvalue weighted by molar-refractivity contribution is -0.176. The zero-order valence-electron chi connectivity index (χ0n) is 8.81. The molecular weight excluding hydrogens is 209 g/mol. The highest BCUT2D eigenvalue weighted by molar-refractivity contribution is 6.06. The van der Waals surface area contributed by atoms with Crippen molar-refractivity contribution in [3.05, 3.63) is 0 Å². The molecule has 0 aromatic carbocycles. The minimum Gasteiger partial charge on any atom is -0.299 e. The van der Waals surface area contributed by atoms with Crippen molar-refractivity contribution in [1.82, 2.24) is 0 Å². The highest BCUT2D eigenvalue weighted by Crippen LogP contribution is 2.53. The molecule has 2 unspecified atom stereocenters. The molecule has 0 saturated heterocycles. The SMILES string of the molecule is CC(C(=O)C1CC1(C)C)C(=O)C(F)(F)F. The molecule has 0 aromatic heterocycles. The third-order valence-corrected chi connectivity index (χ3v) is 2.96. The molecular formula is C10H13F3O2. The number of halogens is 3. The summed E-state index contributed by atoms with van der Waals surface area (Å²) in [6, 6.07) is 0. The van der Waals surface area contributed by atoms with Gasteiger partial charge in [0.1, 0.15) is 5.78 Å². The smallest absolute Gasteiger partial charge is 0.299 e. The van der Waals surface area contributed by atoms with E-state index in [4.69, 9.17) is 0 Å². The number of hydrogen-bond donors (Lipinski definition) is 0. The van der Waals surface area contributed by atoms with Gasteiger partial charge in [0, 0.05) is 5.92 Å². The van der Waals surface area contributed by atoms with E-state index in [0.29, 0.717) is 6.42 Å².